The number of hydrogen-bond donors (Lipinski definition) is 1. The van der Waals surface area contributed by atoms with E-state index in [1.54, 1.807) is 0 Å². The van der Waals surface area contributed by atoms with Crippen LogP contribution in [0.1, 0.15) is 45.1 Å². The van der Waals surface area contributed by atoms with E-state index in [0.717, 1.165) is 25.7 Å². The summed E-state index contributed by atoms with van der Waals surface area (Å²) in [5.74, 6) is -0.190. The molecule has 0 aliphatic rings. The van der Waals surface area contributed by atoms with Crippen LogP contribution in [0.3, 0.4) is 0 Å². The van der Waals surface area contributed by atoms with Gasteiger partial charge in [-0.1, -0.05) is 50.6 Å². The first-order valence-electron chi connectivity index (χ1n) is 6.11. The maximum Gasteiger partial charge on any atom is 0.217 e. The molecule has 1 aromatic carbocycles. The minimum atomic E-state index is -0.190. The molecule has 0 bridgehead atoms. The van der Waals surface area contributed by atoms with E-state index in [0.29, 0.717) is 6.42 Å². The number of rotatable bonds is 6. The van der Waals surface area contributed by atoms with Gasteiger partial charge in [0.15, 0.2) is 0 Å². The fourth-order valence-corrected chi connectivity index (χ4v) is 1.45. The van der Waals surface area contributed by atoms with Crippen LogP contribution in [0.5, 0.6) is 0 Å². The molecular formula is C14H23NO. The third-order valence-electron chi connectivity index (χ3n) is 2.23. The van der Waals surface area contributed by atoms with Crippen molar-refractivity contribution in [1.29, 1.82) is 0 Å². The first-order chi connectivity index (χ1) is 7.79. The molecule has 1 rings (SSSR count). The molecule has 1 aromatic rings. The van der Waals surface area contributed by atoms with E-state index >= 15 is 0 Å². The first-order valence-corrected chi connectivity index (χ1v) is 6.11. The Hall–Kier alpha value is -1.31. The smallest absolute Gasteiger partial charge is 0.217 e. The topological polar surface area (TPSA) is 43.1 Å². The second-order valence-corrected chi connectivity index (χ2v) is 3.51. The number of nitrogens with two attached hydrogens (primary N) is 1. The van der Waals surface area contributed by atoms with Crippen molar-refractivity contribution in [3.05, 3.63) is 35.9 Å². The number of carbonyl (C=O) groups excluding carboxylic acids is 1. The highest BCUT2D eigenvalue weighted by Gasteiger charge is 1.95. The van der Waals surface area contributed by atoms with Crippen molar-refractivity contribution in [1.82, 2.24) is 0 Å². The van der Waals surface area contributed by atoms with E-state index in [4.69, 9.17) is 5.73 Å². The first kappa shape index (κ1) is 14.7. The Labute approximate surface area is 98.9 Å². The fourth-order valence-electron chi connectivity index (χ4n) is 1.45. The number of carbonyl (C=O) groups is 1. The van der Waals surface area contributed by atoms with Crippen LogP contribution in [0.2, 0.25) is 0 Å². The average molecular weight is 221 g/mol. The van der Waals surface area contributed by atoms with Gasteiger partial charge in [-0.3, -0.25) is 4.79 Å². The molecule has 0 aromatic heterocycles. The lowest BCUT2D eigenvalue weighted by Crippen LogP contribution is -2.09. The zero-order valence-electron chi connectivity index (χ0n) is 10.4. The number of hydrogen-bond acceptors (Lipinski definition) is 1. The third kappa shape index (κ3) is 8.04. The Morgan fingerprint density at radius 2 is 1.69 bits per heavy atom. The highest BCUT2D eigenvalue weighted by Crippen LogP contribution is 2.07. The lowest BCUT2D eigenvalue weighted by molar-refractivity contribution is -0.118. The largest absolute Gasteiger partial charge is 0.370 e. The van der Waals surface area contributed by atoms with Gasteiger partial charge in [0.25, 0.3) is 0 Å². The van der Waals surface area contributed by atoms with E-state index < -0.39 is 0 Å². The summed E-state index contributed by atoms with van der Waals surface area (Å²) in [7, 11) is 0. The second-order valence-electron chi connectivity index (χ2n) is 3.51. The van der Waals surface area contributed by atoms with Gasteiger partial charge in [0.2, 0.25) is 5.91 Å². The average Bonchev–Trinajstić information content (AvgIpc) is 2.32. The summed E-state index contributed by atoms with van der Waals surface area (Å²) in [4.78, 5) is 10.5. The highest BCUT2D eigenvalue weighted by atomic mass is 16.1. The molecule has 0 spiro atoms. The molecule has 0 atom stereocenters. The highest BCUT2D eigenvalue weighted by molar-refractivity contribution is 5.73. The summed E-state index contributed by atoms with van der Waals surface area (Å²) in [6, 6.07) is 10.4. The quantitative estimate of drug-likeness (QED) is 0.736. The van der Waals surface area contributed by atoms with Gasteiger partial charge in [-0.25, -0.2) is 0 Å². The van der Waals surface area contributed by atoms with Gasteiger partial charge in [0.05, 0.1) is 0 Å². The van der Waals surface area contributed by atoms with Crippen LogP contribution in [0.25, 0.3) is 0 Å². The molecule has 90 valence electrons. The Morgan fingerprint density at radius 3 is 2.25 bits per heavy atom. The van der Waals surface area contributed by atoms with E-state index in [1.807, 2.05) is 19.9 Å². The van der Waals surface area contributed by atoms with Crippen molar-refractivity contribution in [3.63, 3.8) is 0 Å². The SMILES string of the molecule is CC.NC(=O)CCCCCc1ccccc1. The number of primary amides is 1. The number of benzene rings is 1. The molecule has 2 heteroatoms. The molecule has 0 radical (unpaired) electrons. The molecule has 2 nitrogen and oxygen atoms in total. The number of unbranched alkanes of at least 4 members (excludes halogenated alkanes) is 2. The maximum atomic E-state index is 10.5. The van der Waals surface area contributed by atoms with E-state index in [1.165, 1.54) is 5.56 Å². The normalized spacial score (nSPS) is 9.12. The molecule has 0 heterocycles. The van der Waals surface area contributed by atoms with Crippen molar-refractivity contribution in [3.8, 4) is 0 Å². The summed E-state index contributed by atoms with van der Waals surface area (Å²) in [5, 5.41) is 0. The second kappa shape index (κ2) is 10.2. The van der Waals surface area contributed by atoms with Crippen LogP contribution in [-0.4, -0.2) is 5.91 Å². The molecule has 0 saturated carbocycles. The molecule has 0 unspecified atom stereocenters. The summed E-state index contributed by atoms with van der Waals surface area (Å²) in [6.07, 6.45) is 4.76. The molecule has 1 amide bonds. The van der Waals surface area contributed by atoms with Crippen LogP contribution < -0.4 is 5.73 Å². The van der Waals surface area contributed by atoms with Crippen LogP contribution in [0.15, 0.2) is 30.3 Å². The lowest BCUT2D eigenvalue weighted by Gasteiger charge is -2.00. The molecule has 16 heavy (non-hydrogen) atoms. The summed E-state index contributed by atoms with van der Waals surface area (Å²) < 4.78 is 0. The monoisotopic (exact) mass is 221 g/mol. The summed E-state index contributed by atoms with van der Waals surface area (Å²) in [5.41, 5.74) is 6.41. The number of aryl methyl sites for hydroxylation is 1. The molecule has 0 aliphatic heterocycles. The minimum absolute atomic E-state index is 0.190. The van der Waals surface area contributed by atoms with E-state index in [9.17, 15) is 4.79 Å². The van der Waals surface area contributed by atoms with Crippen LogP contribution in [0, 0.1) is 0 Å². The van der Waals surface area contributed by atoms with Gasteiger partial charge in [-0.05, 0) is 24.8 Å². The predicted octanol–water partition coefficient (Wildman–Crippen LogP) is 3.30. The minimum Gasteiger partial charge on any atom is -0.370 e. The lowest BCUT2D eigenvalue weighted by atomic mass is 10.1. The van der Waals surface area contributed by atoms with Gasteiger partial charge < -0.3 is 5.73 Å². The standard InChI is InChI=1S/C12H17NO.C2H6/c13-12(14)10-6-2-5-9-11-7-3-1-4-8-11;1-2/h1,3-4,7-8H,2,5-6,9-10H2,(H2,13,14);1-2H3. The van der Waals surface area contributed by atoms with Crippen molar-refractivity contribution < 1.29 is 4.79 Å². The van der Waals surface area contributed by atoms with Crippen LogP contribution in [-0.2, 0) is 11.2 Å². The Bertz CT molecular complexity index is 269. The predicted molar refractivity (Wildman–Crippen MR) is 69.2 cm³/mol. The zero-order valence-corrected chi connectivity index (χ0v) is 10.4. The molecular weight excluding hydrogens is 198 g/mol. The summed E-state index contributed by atoms with van der Waals surface area (Å²) >= 11 is 0. The Balaban J connectivity index is 0.00000106. The van der Waals surface area contributed by atoms with E-state index in [-0.39, 0.29) is 5.91 Å². The molecule has 0 saturated heterocycles. The Morgan fingerprint density at radius 1 is 1.06 bits per heavy atom. The third-order valence-corrected chi connectivity index (χ3v) is 2.23. The molecule has 2 N–H and O–H groups in total. The van der Waals surface area contributed by atoms with Gasteiger partial charge in [0, 0.05) is 6.42 Å². The Kier molecular flexibility index (Phi) is 9.38. The van der Waals surface area contributed by atoms with Gasteiger partial charge in [0.1, 0.15) is 0 Å². The van der Waals surface area contributed by atoms with Crippen LogP contribution in [0.4, 0.5) is 0 Å². The van der Waals surface area contributed by atoms with Gasteiger partial charge >= 0.3 is 0 Å². The van der Waals surface area contributed by atoms with Crippen molar-refractivity contribution in [2.24, 2.45) is 5.73 Å². The number of amides is 1. The van der Waals surface area contributed by atoms with Gasteiger partial charge in [-0.2, -0.15) is 0 Å². The zero-order chi connectivity index (χ0) is 12.2. The van der Waals surface area contributed by atoms with Crippen molar-refractivity contribution >= 4 is 5.91 Å². The summed E-state index contributed by atoms with van der Waals surface area (Å²) in [6.45, 7) is 4.00. The molecule has 0 aliphatic carbocycles. The van der Waals surface area contributed by atoms with Crippen LogP contribution >= 0.6 is 0 Å². The molecule has 0 fully saturated rings. The maximum absolute atomic E-state index is 10.5. The fraction of sp³-hybridized carbons (Fsp3) is 0.500. The van der Waals surface area contributed by atoms with Crippen molar-refractivity contribution in [2.75, 3.05) is 0 Å². The van der Waals surface area contributed by atoms with E-state index in [2.05, 4.69) is 24.3 Å². The van der Waals surface area contributed by atoms with Gasteiger partial charge in [-0.15, -0.1) is 0 Å². The van der Waals surface area contributed by atoms with Crippen molar-refractivity contribution in [2.45, 2.75) is 46.0 Å².